The molecule has 2 aromatic rings. The monoisotopic (exact) mass is 429 g/mol. The van der Waals surface area contributed by atoms with Crippen molar-refractivity contribution in [3.8, 4) is 0 Å². The first-order valence-corrected chi connectivity index (χ1v) is 10.4. The number of halogens is 3. The lowest BCUT2D eigenvalue weighted by atomic mass is 10.0. The van der Waals surface area contributed by atoms with Crippen LogP contribution in [0.1, 0.15) is 23.3 Å². The van der Waals surface area contributed by atoms with Gasteiger partial charge in [-0.15, -0.1) is 0 Å². The molecule has 7 heteroatoms. The van der Waals surface area contributed by atoms with Crippen LogP contribution in [0.15, 0.2) is 46.9 Å². The zero-order valence-electron chi connectivity index (χ0n) is 13.5. The van der Waals surface area contributed by atoms with E-state index < -0.39 is 32.0 Å². The third-order valence-corrected chi connectivity index (χ3v) is 7.94. The summed E-state index contributed by atoms with van der Waals surface area (Å²) >= 11 is 2.93. The number of hydrogen-bond donors (Lipinski definition) is 1. The fraction of sp³-hybridized carbons (Fsp3) is 0.333. The number of benzene rings is 2. The lowest BCUT2D eigenvalue weighted by molar-refractivity contribution is 0.446. The Morgan fingerprint density at radius 1 is 1.16 bits per heavy atom. The fourth-order valence-electron chi connectivity index (χ4n) is 3.24. The van der Waals surface area contributed by atoms with Crippen LogP contribution < -0.4 is 5.32 Å². The van der Waals surface area contributed by atoms with E-state index in [-0.39, 0.29) is 22.5 Å². The highest BCUT2D eigenvalue weighted by atomic mass is 79.9. The molecule has 0 spiro atoms. The van der Waals surface area contributed by atoms with Crippen molar-refractivity contribution in [3.63, 3.8) is 0 Å². The van der Waals surface area contributed by atoms with Crippen molar-refractivity contribution < 1.29 is 17.2 Å². The number of nitrogens with one attached hydrogen (secondary N) is 1. The van der Waals surface area contributed by atoms with Crippen molar-refractivity contribution in [2.75, 3.05) is 6.54 Å². The van der Waals surface area contributed by atoms with Crippen LogP contribution in [0.3, 0.4) is 0 Å². The van der Waals surface area contributed by atoms with Crippen molar-refractivity contribution in [3.05, 3.63) is 69.7 Å². The van der Waals surface area contributed by atoms with Gasteiger partial charge in [0.25, 0.3) is 0 Å². The van der Waals surface area contributed by atoms with Crippen LogP contribution in [-0.2, 0) is 16.3 Å². The molecule has 3 rings (SSSR count). The standard InChI is InChI=1S/C18H18BrF2NO2S/c1-11-17(8-13-7-16(21)14(19)9-15(13)20)25(23,24)18(10-22-11)12-5-3-2-4-6-12/h2-7,9,11,17-18,22H,8,10H2,1H3/t11-,17?,18-/m0/s1. The van der Waals surface area contributed by atoms with Gasteiger partial charge in [-0.3, -0.25) is 0 Å². The maximum atomic E-state index is 14.2. The van der Waals surface area contributed by atoms with Crippen molar-refractivity contribution in [1.82, 2.24) is 5.32 Å². The summed E-state index contributed by atoms with van der Waals surface area (Å²) in [4.78, 5) is 0. The summed E-state index contributed by atoms with van der Waals surface area (Å²) < 4.78 is 54.2. The SMILES string of the molecule is C[C@@H]1NC[C@@H](c2ccccc2)S(=O)(=O)C1Cc1cc(F)c(Br)cc1F. The first kappa shape index (κ1) is 18.5. The highest BCUT2D eigenvalue weighted by Crippen LogP contribution is 2.33. The molecule has 1 heterocycles. The van der Waals surface area contributed by atoms with E-state index in [0.717, 1.165) is 12.1 Å². The molecule has 25 heavy (non-hydrogen) atoms. The van der Waals surface area contributed by atoms with Gasteiger partial charge < -0.3 is 5.32 Å². The van der Waals surface area contributed by atoms with Crippen LogP contribution in [0.25, 0.3) is 0 Å². The van der Waals surface area contributed by atoms with Gasteiger partial charge in [-0.25, -0.2) is 17.2 Å². The maximum absolute atomic E-state index is 14.2. The predicted octanol–water partition coefficient (Wildman–Crippen LogP) is 3.79. The normalized spacial score (nSPS) is 25.7. The molecule has 0 aromatic heterocycles. The zero-order chi connectivity index (χ0) is 18.2. The lowest BCUT2D eigenvalue weighted by Gasteiger charge is -2.35. The summed E-state index contributed by atoms with van der Waals surface area (Å²) in [7, 11) is -3.57. The molecular weight excluding hydrogens is 412 g/mol. The van der Waals surface area contributed by atoms with Crippen molar-refractivity contribution in [1.29, 1.82) is 0 Å². The third-order valence-electron chi connectivity index (χ3n) is 4.68. The topological polar surface area (TPSA) is 46.2 Å². The molecule has 0 saturated carbocycles. The Kier molecular flexibility index (Phi) is 5.27. The molecule has 2 aromatic carbocycles. The predicted molar refractivity (Wildman–Crippen MR) is 97.1 cm³/mol. The summed E-state index contributed by atoms with van der Waals surface area (Å²) in [6.07, 6.45) is -0.0735. The van der Waals surface area contributed by atoms with Gasteiger partial charge in [0.15, 0.2) is 9.84 Å². The molecule has 3 atom stereocenters. The van der Waals surface area contributed by atoms with Crippen LogP contribution in [0.2, 0.25) is 0 Å². The second-order valence-electron chi connectivity index (χ2n) is 6.29. The Bertz CT molecular complexity index is 874. The van der Waals surface area contributed by atoms with Crippen LogP contribution >= 0.6 is 15.9 Å². The van der Waals surface area contributed by atoms with Gasteiger partial charge in [0.2, 0.25) is 0 Å². The maximum Gasteiger partial charge on any atom is 0.163 e. The number of sulfone groups is 1. The molecular formula is C18H18BrF2NO2S. The van der Waals surface area contributed by atoms with E-state index in [1.807, 2.05) is 6.07 Å². The van der Waals surface area contributed by atoms with Gasteiger partial charge >= 0.3 is 0 Å². The minimum absolute atomic E-state index is 0.0218. The summed E-state index contributed by atoms with van der Waals surface area (Å²) in [5.74, 6) is -1.22. The van der Waals surface area contributed by atoms with Gasteiger partial charge in [0, 0.05) is 12.6 Å². The Labute approximate surface area is 154 Å². The van der Waals surface area contributed by atoms with Crippen LogP contribution in [-0.4, -0.2) is 26.3 Å². The second-order valence-corrected chi connectivity index (χ2v) is 9.49. The second kappa shape index (κ2) is 7.13. The van der Waals surface area contributed by atoms with Crippen molar-refractivity contribution in [2.24, 2.45) is 0 Å². The van der Waals surface area contributed by atoms with E-state index in [1.54, 1.807) is 31.2 Å². The van der Waals surface area contributed by atoms with E-state index in [1.165, 1.54) is 0 Å². The van der Waals surface area contributed by atoms with E-state index in [0.29, 0.717) is 12.1 Å². The zero-order valence-corrected chi connectivity index (χ0v) is 15.9. The first-order chi connectivity index (χ1) is 11.8. The van der Waals surface area contributed by atoms with E-state index in [2.05, 4.69) is 21.2 Å². The first-order valence-electron chi connectivity index (χ1n) is 7.95. The fourth-order valence-corrected chi connectivity index (χ4v) is 5.92. The molecule has 3 nitrogen and oxygen atoms in total. The number of hydrogen-bond acceptors (Lipinski definition) is 3. The quantitative estimate of drug-likeness (QED) is 0.754. The molecule has 1 aliphatic rings. The third kappa shape index (κ3) is 3.64. The van der Waals surface area contributed by atoms with Crippen molar-refractivity contribution in [2.45, 2.75) is 29.9 Å². The average molecular weight is 430 g/mol. The molecule has 1 aliphatic heterocycles. The van der Waals surface area contributed by atoms with Gasteiger partial charge in [0.05, 0.1) is 15.0 Å². The van der Waals surface area contributed by atoms with Crippen LogP contribution in [0.4, 0.5) is 8.78 Å². The Hall–Kier alpha value is -1.31. The Morgan fingerprint density at radius 3 is 2.52 bits per heavy atom. The number of rotatable bonds is 3. The van der Waals surface area contributed by atoms with Gasteiger partial charge in [0.1, 0.15) is 11.6 Å². The van der Waals surface area contributed by atoms with Gasteiger partial charge in [-0.2, -0.15) is 0 Å². The summed E-state index contributed by atoms with van der Waals surface area (Å²) in [5, 5.41) is 1.67. The molecule has 0 aliphatic carbocycles. The smallest absolute Gasteiger partial charge is 0.163 e. The summed E-state index contributed by atoms with van der Waals surface area (Å²) in [6, 6.07) is 10.7. The highest BCUT2D eigenvalue weighted by molar-refractivity contribution is 9.10. The molecule has 1 unspecified atom stereocenters. The molecule has 0 bridgehead atoms. The largest absolute Gasteiger partial charge is 0.311 e. The van der Waals surface area contributed by atoms with E-state index in [9.17, 15) is 17.2 Å². The van der Waals surface area contributed by atoms with Crippen LogP contribution in [0, 0.1) is 11.6 Å². The average Bonchev–Trinajstić information content (AvgIpc) is 2.56. The molecule has 1 saturated heterocycles. The lowest BCUT2D eigenvalue weighted by Crippen LogP contribution is -2.53. The Balaban J connectivity index is 1.96. The molecule has 0 amide bonds. The minimum atomic E-state index is -3.57. The van der Waals surface area contributed by atoms with E-state index in [4.69, 9.17) is 0 Å². The minimum Gasteiger partial charge on any atom is -0.311 e. The molecule has 1 fully saturated rings. The van der Waals surface area contributed by atoms with E-state index >= 15 is 0 Å². The summed E-state index contributed by atoms with van der Waals surface area (Å²) in [6.45, 7) is 2.07. The molecule has 0 radical (unpaired) electrons. The van der Waals surface area contributed by atoms with Gasteiger partial charge in [-0.05, 0) is 52.5 Å². The summed E-state index contributed by atoms with van der Waals surface area (Å²) in [5.41, 5.74) is 0.769. The molecule has 134 valence electrons. The Morgan fingerprint density at radius 2 is 1.84 bits per heavy atom. The highest BCUT2D eigenvalue weighted by Gasteiger charge is 2.42. The van der Waals surface area contributed by atoms with Gasteiger partial charge in [-0.1, -0.05) is 30.3 Å². The molecule has 1 N–H and O–H groups in total. The van der Waals surface area contributed by atoms with Crippen molar-refractivity contribution >= 4 is 25.8 Å². The van der Waals surface area contributed by atoms with Crippen LogP contribution in [0.5, 0.6) is 0 Å².